The van der Waals surface area contributed by atoms with Crippen LogP contribution in [0.4, 0.5) is 0 Å². The monoisotopic (exact) mass is 317 g/mol. The molecule has 1 saturated heterocycles. The number of amides is 1. The average molecular weight is 317 g/mol. The Bertz CT molecular complexity index is 547. The molecule has 0 aromatic heterocycles. The Morgan fingerprint density at radius 3 is 2.78 bits per heavy atom. The first kappa shape index (κ1) is 16.3. The van der Waals surface area contributed by atoms with Gasteiger partial charge in [-0.2, -0.15) is 0 Å². The van der Waals surface area contributed by atoms with E-state index >= 15 is 0 Å². The van der Waals surface area contributed by atoms with Gasteiger partial charge in [0.1, 0.15) is 5.75 Å². The van der Waals surface area contributed by atoms with E-state index in [-0.39, 0.29) is 6.61 Å². The lowest BCUT2D eigenvalue weighted by molar-refractivity contribution is -0.119. The van der Waals surface area contributed by atoms with Crippen molar-refractivity contribution in [3.05, 3.63) is 29.8 Å². The molecule has 126 valence electrons. The van der Waals surface area contributed by atoms with Crippen LogP contribution in [0.3, 0.4) is 0 Å². The first-order chi connectivity index (χ1) is 11.0. The van der Waals surface area contributed by atoms with E-state index in [0.717, 1.165) is 24.9 Å². The molecule has 0 unspecified atom stereocenters. The predicted molar refractivity (Wildman–Crippen MR) is 90.1 cm³/mol. The summed E-state index contributed by atoms with van der Waals surface area (Å²) in [5, 5.41) is 0. The molecule has 0 spiro atoms. The number of hydrogen-bond donors (Lipinski definition) is 1. The third kappa shape index (κ3) is 4.24. The van der Waals surface area contributed by atoms with Crippen molar-refractivity contribution >= 4 is 5.91 Å². The van der Waals surface area contributed by atoms with Crippen LogP contribution in [-0.4, -0.2) is 55.5 Å². The topological polar surface area (TPSA) is 58.8 Å². The number of likely N-dealkylation sites (tertiary alicyclic amines) is 1. The van der Waals surface area contributed by atoms with Gasteiger partial charge in [-0.05, 0) is 56.5 Å². The molecule has 1 aromatic carbocycles. The summed E-state index contributed by atoms with van der Waals surface area (Å²) in [7, 11) is 4.39. The van der Waals surface area contributed by atoms with Gasteiger partial charge >= 0.3 is 0 Å². The number of rotatable bonds is 7. The second-order valence-electron chi connectivity index (χ2n) is 7.13. The highest BCUT2D eigenvalue weighted by Gasteiger charge is 2.43. The lowest BCUT2D eigenvalue weighted by Crippen LogP contribution is -2.36. The highest BCUT2D eigenvalue weighted by Crippen LogP contribution is 2.42. The molecule has 5 heteroatoms. The van der Waals surface area contributed by atoms with Crippen LogP contribution in [0.2, 0.25) is 0 Å². The highest BCUT2D eigenvalue weighted by atomic mass is 16.5. The number of carbonyl (C=O) groups excluding carboxylic acids is 1. The highest BCUT2D eigenvalue weighted by molar-refractivity contribution is 5.75. The van der Waals surface area contributed by atoms with Crippen molar-refractivity contribution in [3.8, 4) is 5.75 Å². The Labute approximate surface area is 138 Å². The third-order valence-electron chi connectivity index (χ3n) is 4.99. The summed E-state index contributed by atoms with van der Waals surface area (Å²) in [4.78, 5) is 15.8. The van der Waals surface area contributed by atoms with E-state index < -0.39 is 5.91 Å². The standard InChI is InChI=1S/C18H27N3O2/c1-20(2)17-11-21(10-16(17)14-6-7-14)9-13-4-3-5-15(8-13)23-12-18(19)22/h3-5,8,14,16-17H,6-7,9-12H2,1-2H3,(H2,19,22)/t16-,17+/m0/s1. The van der Waals surface area contributed by atoms with E-state index in [1.54, 1.807) is 0 Å². The van der Waals surface area contributed by atoms with Crippen LogP contribution in [0, 0.1) is 11.8 Å². The molecular weight excluding hydrogens is 290 g/mol. The molecule has 5 nitrogen and oxygen atoms in total. The van der Waals surface area contributed by atoms with Crippen molar-refractivity contribution in [1.29, 1.82) is 0 Å². The number of hydrogen-bond acceptors (Lipinski definition) is 4. The zero-order valence-corrected chi connectivity index (χ0v) is 14.1. The second kappa shape index (κ2) is 6.89. The maximum absolute atomic E-state index is 10.8. The van der Waals surface area contributed by atoms with Crippen molar-refractivity contribution < 1.29 is 9.53 Å². The molecule has 0 radical (unpaired) electrons. The number of nitrogens with zero attached hydrogens (tertiary/aromatic N) is 2. The zero-order valence-electron chi connectivity index (χ0n) is 14.1. The minimum absolute atomic E-state index is 0.0698. The summed E-state index contributed by atoms with van der Waals surface area (Å²) in [6.07, 6.45) is 2.80. The van der Waals surface area contributed by atoms with Crippen molar-refractivity contribution in [2.45, 2.75) is 25.4 Å². The van der Waals surface area contributed by atoms with Crippen LogP contribution in [0.15, 0.2) is 24.3 Å². The van der Waals surface area contributed by atoms with E-state index in [2.05, 4.69) is 30.0 Å². The quantitative estimate of drug-likeness (QED) is 0.824. The fourth-order valence-corrected chi connectivity index (χ4v) is 3.70. The summed E-state index contributed by atoms with van der Waals surface area (Å²) in [5.41, 5.74) is 6.35. The summed E-state index contributed by atoms with van der Waals surface area (Å²) in [6.45, 7) is 3.17. The fourth-order valence-electron chi connectivity index (χ4n) is 3.70. The molecule has 2 aliphatic rings. The van der Waals surface area contributed by atoms with Crippen LogP contribution in [-0.2, 0) is 11.3 Å². The second-order valence-corrected chi connectivity index (χ2v) is 7.13. The van der Waals surface area contributed by atoms with Crippen LogP contribution < -0.4 is 10.5 Å². The molecule has 1 aromatic rings. The van der Waals surface area contributed by atoms with E-state index in [4.69, 9.17) is 10.5 Å². The number of carbonyl (C=O) groups is 1. The summed E-state index contributed by atoms with van der Waals surface area (Å²) in [5.74, 6) is 2.00. The molecule has 1 aliphatic carbocycles. The summed E-state index contributed by atoms with van der Waals surface area (Å²) < 4.78 is 5.40. The molecule has 1 amide bonds. The van der Waals surface area contributed by atoms with Gasteiger partial charge in [-0.15, -0.1) is 0 Å². The van der Waals surface area contributed by atoms with Crippen molar-refractivity contribution in [2.24, 2.45) is 17.6 Å². The lowest BCUT2D eigenvalue weighted by Gasteiger charge is -2.25. The number of likely N-dealkylation sites (N-methyl/N-ethyl adjacent to an activating group) is 1. The van der Waals surface area contributed by atoms with Crippen molar-refractivity contribution in [1.82, 2.24) is 9.80 Å². The normalized spacial score (nSPS) is 25.0. The number of ether oxygens (including phenoxy) is 1. The van der Waals surface area contributed by atoms with Gasteiger partial charge in [0, 0.05) is 25.7 Å². The molecule has 3 rings (SSSR count). The maximum Gasteiger partial charge on any atom is 0.255 e. The smallest absolute Gasteiger partial charge is 0.255 e. The minimum Gasteiger partial charge on any atom is -0.484 e. The summed E-state index contributed by atoms with van der Waals surface area (Å²) in [6, 6.07) is 8.64. The molecule has 23 heavy (non-hydrogen) atoms. The van der Waals surface area contributed by atoms with Crippen LogP contribution in [0.25, 0.3) is 0 Å². The minimum atomic E-state index is -0.448. The zero-order chi connectivity index (χ0) is 16.4. The van der Waals surface area contributed by atoms with E-state index in [1.165, 1.54) is 24.9 Å². The van der Waals surface area contributed by atoms with Crippen molar-refractivity contribution in [2.75, 3.05) is 33.8 Å². The van der Waals surface area contributed by atoms with Gasteiger partial charge in [-0.3, -0.25) is 9.69 Å². The van der Waals surface area contributed by atoms with Crippen LogP contribution in [0.5, 0.6) is 5.75 Å². The molecule has 2 fully saturated rings. The number of primary amides is 1. The Balaban J connectivity index is 1.61. The first-order valence-corrected chi connectivity index (χ1v) is 8.42. The van der Waals surface area contributed by atoms with Gasteiger partial charge in [0.05, 0.1) is 0 Å². The fraction of sp³-hybridized carbons (Fsp3) is 0.611. The molecule has 1 saturated carbocycles. The number of nitrogens with two attached hydrogens (primary N) is 1. The van der Waals surface area contributed by atoms with Crippen molar-refractivity contribution in [3.63, 3.8) is 0 Å². The largest absolute Gasteiger partial charge is 0.484 e. The third-order valence-corrected chi connectivity index (χ3v) is 4.99. The summed E-state index contributed by atoms with van der Waals surface area (Å²) >= 11 is 0. The average Bonchev–Trinajstić information content (AvgIpc) is 3.26. The first-order valence-electron chi connectivity index (χ1n) is 8.42. The van der Waals surface area contributed by atoms with Crippen LogP contribution in [0.1, 0.15) is 18.4 Å². The predicted octanol–water partition coefficient (Wildman–Crippen LogP) is 1.32. The van der Waals surface area contributed by atoms with Gasteiger partial charge in [0.2, 0.25) is 0 Å². The van der Waals surface area contributed by atoms with E-state index in [0.29, 0.717) is 11.8 Å². The van der Waals surface area contributed by atoms with Gasteiger partial charge in [-0.25, -0.2) is 0 Å². The maximum atomic E-state index is 10.8. The van der Waals surface area contributed by atoms with Gasteiger partial charge in [0.25, 0.3) is 5.91 Å². The molecule has 0 bridgehead atoms. The molecule has 2 atom stereocenters. The SMILES string of the molecule is CN(C)[C@@H]1CN(Cc2cccc(OCC(N)=O)c2)C[C@H]1C1CC1. The molecule has 1 heterocycles. The molecule has 1 aliphatic heterocycles. The Morgan fingerprint density at radius 2 is 2.13 bits per heavy atom. The molecule has 2 N–H and O–H groups in total. The van der Waals surface area contributed by atoms with Gasteiger partial charge in [-0.1, -0.05) is 12.1 Å². The number of benzene rings is 1. The van der Waals surface area contributed by atoms with E-state index in [9.17, 15) is 4.79 Å². The lowest BCUT2D eigenvalue weighted by atomic mass is 9.97. The van der Waals surface area contributed by atoms with Crippen LogP contribution >= 0.6 is 0 Å². The Kier molecular flexibility index (Phi) is 4.87. The Hall–Kier alpha value is -1.59. The van der Waals surface area contributed by atoms with Gasteiger partial charge < -0.3 is 15.4 Å². The van der Waals surface area contributed by atoms with E-state index in [1.807, 2.05) is 18.2 Å². The van der Waals surface area contributed by atoms with Gasteiger partial charge in [0.15, 0.2) is 6.61 Å². The molecular formula is C18H27N3O2. The Morgan fingerprint density at radius 1 is 1.35 bits per heavy atom.